The summed E-state index contributed by atoms with van der Waals surface area (Å²) in [4.78, 5) is 16.1. The summed E-state index contributed by atoms with van der Waals surface area (Å²) in [5.41, 5.74) is 1.53. The minimum atomic E-state index is -0.161. The van der Waals surface area contributed by atoms with Gasteiger partial charge in [-0.15, -0.1) is 0 Å². The highest BCUT2D eigenvalue weighted by molar-refractivity contribution is 5.94. The van der Waals surface area contributed by atoms with Gasteiger partial charge in [0.05, 0.1) is 13.2 Å². The molecule has 2 rings (SSSR count). The fourth-order valence-electron chi connectivity index (χ4n) is 1.95. The fourth-order valence-corrected chi connectivity index (χ4v) is 1.95. The van der Waals surface area contributed by atoms with E-state index >= 15 is 0 Å². The molecule has 116 valence electrons. The topological polar surface area (TPSA) is 60.5 Å². The van der Waals surface area contributed by atoms with Crippen LogP contribution in [0.2, 0.25) is 0 Å². The van der Waals surface area contributed by atoms with Crippen molar-refractivity contribution in [2.75, 3.05) is 7.11 Å². The second kappa shape index (κ2) is 7.45. The van der Waals surface area contributed by atoms with E-state index in [1.807, 2.05) is 26.0 Å². The number of carbonyl (C=O) groups is 1. The number of amides is 1. The van der Waals surface area contributed by atoms with Crippen LogP contribution in [0.4, 0.5) is 0 Å². The Kier molecular flexibility index (Phi) is 5.36. The molecule has 0 aliphatic heterocycles. The number of nitrogens with one attached hydrogen (secondary N) is 1. The molecule has 0 bridgehead atoms. The lowest BCUT2D eigenvalue weighted by molar-refractivity contribution is 0.0950. The van der Waals surface area contributed by atoms with Crippen LogP contribution in [-0.2, 0) is 6.54 Å². The molecule has 1 heterocycles. The van der Waals surface area contributed by atoms with Gasteiger partial charge in [-0.05, 0) is 49.7 Å². The van der Waals surface area contributed by atoms with E-state index in [1.54, 1.807) is 37.7 Å². The Bertz CT molecular complexity index is 627. The monoisotopic (exact) mass is 300 g/mol. The van der Waals surface area contributed by atoms with Crippen molar-refractivity contribution in [3.63, 3.8) is 0 Å². The Balaban J connectivity index is 2.06. The maximum Gasteiger partial charge on any atom is 0.251 e. The molecule has 5 nitrogen and oxygen atoms in total. The van der Waals surface area contributed by atoms with Crippen molar-refractivity contribution in [3.8, 4) is 11.5 Å². The van der Waals surface area contributed by atoms with Gasteiger partial charge in [-0.25, -0.2) is 0 Å². The summed E-state index contributed by atoms with van der Waals surface area (Å²) in [5, 5.41) is 2.86. The molecule has 0 radical (unpaired) electrons. The smallest absolute Gasteiger partial charge is 0.251 e. The number of pyridine rings is 1. The van der Waals surface area contributed by atoms with Crippen LogP contribution in [0.15, 0.2) is 42.7 Å². The summed E-state index contributed by atoms with van der Waals surface area (Å²) >= 11 is 0. The first kappa shape index (κ1) is 15.8. The number of nitrogens with zero attached hydrogens (tertiary/aromatic N) is 1. The SMILES string of the molecule is COc1cc(C(=O)NCc2ccncc2)ccc1OC(C)C. The first-order valence-corrected chi connectivity index (χ1v) is 7.12. The van der Waals surface area contributed by atoms with Gasteiger partial charge in [-0.2, -0.15) is 0 Å². The molecule has 0 spiro atoms. The molecule has 1 N–H and O–H groups in total. The third-order valence-electron chi connectivity index (χ3n) is 2.99. The minimum absolute atomic E-state index is 0.0419. The molecular weight excluding hydrogens is 280 g/mol. The maximum atomic E-state index is 12.2. The average Bonchev–Trinajstić information content (AvgIpc) is 2.53. The van der Waals surface area contributed by atoms with E-state index in [-0.39, 0.29) is 12.0 Å². The average molecular weight is 300 g/mol. The highest BCUT2D eigenvalue weighted by Gasteiger charge is 2.12. The van der Waals surface area contributed by atoms with Gasteiger partial charge in [0, 0.05) is 24.5 Å². The number of rotatable bonds is 6. The Hall–Kier alpha value is -2.56. The van der Waals surface area contributed by atoms with E-state index in [2.05, 4.69) is 10.3 Å². The molecule has 1 amide bonds. The lowest BCUT2D eigenvalue weighted by atomic mass is 10.1. The number of aromatic nitrogens is 1. The van der Waals surface area contributed by atoms with Crippen molar-refractivity contribution >= 4 is 5.91 Å². The van der Waals surface area contributed by atoms with Crippen molar-refractivity contribution in [1.29, 1.82) is 0 Å². The van der Waals surface area contributed by atoms with Crippen LogP contribution in [-0.4, -0.2) is 24.1 Å². The van der Waals surface area contributed by atoms with Gasteiger partial charge in [0.25, 0.3) is 5.91 Å². The number of methoxy groups -OCH3 is 1. The van der Waals surface area contributed by atoms with Crippen molar-refractivity contribution < 1.29 is 14.3 Å². The predicted molar refractivity (Wildman–Crippen MR) is 84.2 cm³/mol. The summed E-state index contributed by atoms with van der Waals surface area (Å²) in [6.07, 6.45) is 3.44. The van der Waals surface area contributed by atoms with E-state index in [0.717, 1.165) is 5.56 Å². The van der Waals surface area contributed by atoms with Crippen LogP contribution < -0.4 is 14.8 Å². The quantitative estimate of drug-likeness (QED) is 0.891. The Morgan fingerprint density at radius 3 is 2.55 bits per heavy atom. The molecule has 5 heteroatoms. The minimum Gasteiger partial charge on any atom is -0.493 e. The van der Waals surface area contributed by atoms with Crippen molar-refractivity contribution in [3.05, 3.63) is 53.9 Å². The predicted octanol–water partition coefficient (Wildman–Crippen LogP) is 2.81. The van der Waals surface area contributed by atoms with Gasteiger partial charge in [0.2, 0.25) is 0 Å². The molecule has 0 saturated heterocycles. The van der Waals surface area contributed by atoms with Gasteiger partial charge in [0.15, 0.2) is 11.5 Å². The third-order valence-corrected chi connectivity index (χ3v) is 2.99. The molecule has 0 saturated carbocycles. The van der Waals surface area contributed by atoms with Gasteiger partial charge >= 0.3 is 0 Å². The molecule has 1 aromatic heterocycles. The molecule has 22 heavy (non-hydrogen) atoms. The first-order chi connectivity index (χ1) is 10.6. The van der Waals surface area contributed by atoms with Crippen molar-refractivity contribution in [2.24, 2.45) is 0 Å². The van der Waals surface area contributed by atoms with Crippen LogP contribution in [0.3, 0.4) is 0 Å². The molecule has 0 aliphatic carbocycles. The summed E-state index contributed by atoms with van der Waals surface area (Å²) < 4.78 is 10.9. The van der Waals surface area contributed by atoms with Crippen LogP contribution in [0.5, 0.6) is 11.5 Å². The molecule has 0 fully saturated rings. The van der Waals surface area contributed by atoms with Crippen LogP contribution in [0.25, 0.3) is 0 Å². The van der Waals surface area contributed by atoms with Crippen molar-refractivity contribution in [1.82, 2.24) is 10.3 Å². The lowest BCUT2D eigenvalue weighted by Gasteiger charge is -2.14. The normalized spacial score (nSPS) is 10.4. The van der Waals surface area contributed by atoms with E-state index in [1.165, 1.54) is 0 Å². The summed E-state index contributed by atoms with van der Waals surface area (Å²) in [7, 11) is 1.56. The summed E-state index contributed by atoms with van der Waals surface area (Å²) in [5.74, 6) is 1.01. The number of ether oxygens (including phenoxy) is 2. The third kappa shape index (κ3) is 4.22. The van der Waals surface area contributed by atoms with Crippen molar-refractivity contribution in [2.45, 2.75) is 26.5 Å². The maximum absolute atomic E-state index is 12.2. The molecular formula is C17H20N2O3. The highest BCUT2D eigenvalue weighted by atomic mass is 16.5. The Morgan fingerprint density at radius 2 is 1.91 bits per heavy atom. The van der Waals surface area contributed by atoms with Gasteiger partial charge < -0.3 is 14.8 Å². The number of benzene rings is 1. The second-order valence-electron chi connectivity index (χ2n) is 5.07. The second-order valence-corrected chi connectivity index (χ2v) is 5.07. The number of carbonyl (C=O) groups excluding carboxylic acids is 1. The molecule has 1 aromatic carbocycles. The van der Waals surface area contributed by atoms with Gasteiger partial charge in [0.1, 0.15) is 0 Å². The zero-order valence-corrected chi connectivity index (χ0v) is 13.0. The zero-order valence-electron chi connectivity index (χ0n) is 13.0. The molecule has 0 aliphatic rings. The molecule has 0 atom stereocenters. The number of hydrogen-bond acceptors (Lipinski definition) is 4. The van der Waals surface area contributed by atoms with E-state index in [9.17, 15) is 4.79 Å². The van der Waals surface area contributed by atoms with Gasteiger partial charge in [-0.3, -0.25) is 9.78 Å². The first-order valence-electron chi connectivity index (χ1n) is 7.12. The van der Waals surface area contributed by atoms with Crippen LogP contribution in [0.1, 0.15) is 29.8 Å². The highest BCUT2D eigenvalue weighted by Crippen LogP contribution is 2.28. The van der Waals surface area contributed by atoms with E-state index < -0.39 is 0 Å². The van der Waals surface area contributed by atoms with Crippen LogP contribution in [0, 0.1) is 0 Å². The van der Waals surface area contributed by atoms with Gasteiger partial charge in [-0.1, -0.05) is 0 Å². The van der Waals surface area contributed by atoms with E-state index in [0.29, 0.717) is 23.6 Å². The summed E-state index contributed by atoms with van der Waals surface area (Å²) in [6.45, 7) is 4.33. The standard InChI is InChI=1S/C17H20N2O3/c1-12(2)22-15-5-4-14(10-16(15)21-3)17(20)19-11-13-6-8-18-9-7-13/h4-10,12H,11H2,1-3H3,(H,19,20). The molecule has 0 unspecified atom stereocenters. The number of hydrogen-bond donors (Lipinski definition) is 1. The fraction of sp³-hybridized carbons (Fsp3) is 0.294. The zero-order chi connectivity index (χ0) is 15.9. The Labute approximate surface area is 130 Å². The largest absolute Gasteiger partial charge is 0.493 e. The van der Waals surface area contributed by atoms with E-state index in [4.69, 9.17) is 9.47 Å². The lowest BCUT2D eigenvalue weighted by Crippen LogP contribution is -2.22. The van der Waals surface area contributed by atoms with Crippen LogP contribution >= 0.6 is 0 Å². The summed E-state index contributed by atoms with van der Waals surface area (Å²) in [6, 6.07) is 8.88. The molecule has 2 aromatic rings. The Morgan fingerprint density at radius 1 is 1.18 bits per heavy atom.